The number of ether oxygens (including phenoxy) is 2. The van der Waals surface area contributed by atoms with Gasteiger partial charge in [-0.25, -0.2) is 0 Å². The smallest absolute Gasteiger partial charge is 0.278 e. The number of methoxy groups -OCH3 is 1. The molecule has 152 valence electrons. The molecule has 0 saturated carbocycles. The number of imide groups is 1. The fourth-order valence-corrected chi connectivity index (χ4v) is 3.23. The fraction of sp³-hybridized carbons (Fsp3) is 0.273. The molecular formula is C22H23ClN2O4. The molecule has 0 radical (unpaired) electrons. The second-order valence-electron chi connectivity index (χ2n) is 6.55. The van der Waals surface area contributed by atoms with Crippen LogP contribution < -0.4 is 10.1 Å². The average molecular weight is 415 g/mol. The minimum Gasteiger partial charge on any atom is -0.494 e. The van der Waals surface area contributed by atoms with Crippen molar-refractivity contribution in [3.8, 4) is 5.75 Å². The number of halogens is 1. The van der Waals surface area contributed by atoms with Gasteiger partial charge in [-0.15, -0.1) is 0 Å². The Bertz CT molecular complexity index is 954. The highest BCUT2D eigenvalue weighted by Crippen LogP contribution is 2.32. The normalized spacial score (nSPS) is 14.0. The van der Waals surface area contributed by atoms with Crippen molar-refractivity contribution in [2.45, 2.75) is 13.8 Å². The Hall–Kier alpha value is -2.83. The quantitative estimate of drug-likeness (QED) is 0.664. The van der Waals surface area contributed by atoms with E-state index < -0.39 is 5.91 Å². The van der Waals surface area contributed by atoms with Gasteiger partial charge in [-0.2, -0.15) is 0 Å². The number of benzene rings is 2. The zero-order valence-electron chi connectivity index (χ0n) is 16.6. The molecule has 7 heteroatoms. The summed E-state index contributed by atoms with van der Waals surface area (Å²) in [5, 5.41) is 3.67. The minimum atomic E-state index is -0.396. The van der Waals surface area contributed by atoms with Gasteiger partial charge in [0.25, 0.3) is 11.8 Å². The molecule has 2 amide bonds. The lowest BCUT2D eigenvalue weighted by atomic mass is 10.0. The number of rotatable bonds is 8. The van der Waals surface area contributed by atoms with Crippen molar-refractivity contribution in [1.82, 2.24) is 4.90 Å². The third-order valence-corrected chi connectivity index (χ3v) is 4.99. The molecule has 0 bridgehead atoms. The zero-order valence-corrected chi connectivity index (χ0v) is 17.4. The molecule has 1 heterocycles. The van der Waals surface area contributed by atoms with Gasteiger partial charge in [-0.3, -0.25) is 14.5 Å². The standard InChI is InChI=1S/C22H23ClN2O4/c1-4-29-17-9-6-15(7-10-17)19-20(22(27)25(21(19)26)11-12-28-3)24-16-8-5-14(2)18(23)13-16/h5-10,13,24H,4,11-12H2,1-3H3. The van der Waals surface area contributed by atoms with Crippen LogP contribution in [-0.2, 0) is 14.3 Å². The van der Waals surface area contributed by atoms with E-state index in [9.17, 15) is 9.59 Å². The molecule has 1 aliphatic rings. The summed E-state index contributed by atoms with van der Waals surface area (Å²) in [6.07, 6.45) is 0. The molecule has 1 N–H and O–H groups in total. The molecule has 0 unspecified atom stereocenters. The maximum absolute atomic E-state index is 13.0. The second-order valence-corrected chi connectivity index (χ2v) is 6.96. The first kappa shape index (κ1) is 20.9. The molecule has 0 spiro atoms. The van der Waals surface area contributed by atoms with Crippen molar-refractivity contribution < 1.29 is 19.1 Å². The predicted molar refractivity (Wildman–Crippen MR) is 113 cm³/mol. The van der Waals surface area contributed by atoms with Crippen molar-refractivity contribution in [2.75, 3.05) is 32.2 Å². The number of nitrogens with one attached hydrogen (secondary N) is 1. The highest BCUT2D eigenvalue weighted by Gasteiger charge is 2.39. The van der Waals surface area contributed by atoms with E-state index in [0.29, 0.717) is 34.2 Å². The first-order chi connectivity index (χ1) is 14.0. The molecule has 0 saturated heterocycles. The van der Waals surface area contributed by atoms with E-state index in [1.165, 1.54) is 12.0 Å². The summed E-state index contributed by atoms with van der Waals surface area (Å²) in [4.78, 5) is 27.2. The number of amides is 2. The number of hydrogen-bond donors (Lipinski definition) is 1. The fourth-order valence-electron chi connectivity index (χ4n) is 3.04. The van der Waals surface area contributed by atoms with Crippen molar-refractivity contribution in [1.29, 1.82) is 0 Å². The minimum absolute atomic E-state index is 0.175. The number of anilines is 1. The molecule has 29 heavy (non-hydrogen) atoms. The van der Waals surface area contributed by atoms with Gasteiger partial charge in [-0.1, -0.05) is 29.8 Å². The SMILES string of the molecule is CCOc1ccc(C2=C(Nc3ccc(C)c(Cl)c3)C(=O)N(CCOC)C2=O)cc1. The van der Waals surface area contributed by atoms with E-state index >= 15 is 0 Å². The van der Waals surface area contributed by atoms with Crippen LogP contribution in [0.15, 0.2) is 48.2 Å². The molecule has 0 atom stereocenters. The van der Waals surface area contributed by atoms with Crippen LogP contribution in [0, 0.1) is 6.92 Å². The number of aryl methyl sites for hydroxylation is 1. The number of hydrogen-bond acceptors (Lipinski definition) is 5. The number of carbonyl (C=O) groups excluding carboxylic acids is 2. The van der Waals surface area contributed by atoms with Crippen LogP contribution in [-0.4, -0.2) is 43.6 Å². The first-order valence-corrected chi connectivity index (χ1v) is 9.69. The Morgan fingerprint density at radius 2 is 1.79 bits per heavy atom. The van der Waals surface area contributed by atoms with E-state index in [1.54, 1.807) is 30.3 Å². The molecule has 2 aromatic rings. The van der Waals surface area contributed by atoms with Crippen LogP contribution in [0.5, 0.6) is 5.75 Å². The Kier molecular flexibility index (Phi) is 6.56. The molecule has 2 aromatic carbocycles. The Balaban J connectivity index is 2.01. The third-order valence-electron chi connectivity index (χ3n) is 4.58. The van der Waals surface area contributed by atoms with Gasteiger partial charge in [0.1, 0.15) is 11.4 Å². The van der Waals surface area contributed by atoms with Crippen LogP contribution in [0.25, 0.3) is 5.57 Å². The summed E-state index contributed by atoms with van der Waals surface area (Å²) >= 11 is 6.21. The molecule has 0 fully saturated rings. The van der Waals surface area contributed by atoms with Gasteiger partial charge >= 0.3 is 0 Å². The van der Waals surface area contributed by atoms with E-state index in [4.69, 9.17) is 21.1 Å². The predicted octanol–water partition coefficient (Wildman–Crippen LogP) is 3.89. The Morgan fingerprint density at radius 1 is 1.07 bits per heavy atom. The van der Waals surface area contributed by atoms with E-state index in [2.05, 4.69) is 5.32 Å². The summed E-state index contributed by atoms with van der Waals surface area (Å²) in [6, 6.07) is 12.5. The summed E-state index contributed by atoms with van der Waals surface area (Å²) in [5.41, 5.74) is 2.72. The maximum Gasteiger partial charge on any atom is 0.278 e. The van der Waals surface area contributed by atoms with E-state index in [0.717, 1.165) is 5.56 Å². The summed E-state index contributed by atoms with van der Waals surface area (Å²) in [6.45, 7) is 4.78. The van der Waals surface area contributed by atoms with Gasteiger partial charge in [0.2, 0.25) is 0 Å². The van der Waals surface area contributed by atoms with Crippen molar-refractivity contribution in [2.24, 2.45) is 0 Å². The van der Waals surface area contributed by atoms with Crippen molar-refractivity contribution in [3.05, 3.63) is 64.3 Å². The highest BCUT2D eigenvalue weighted by atomic mass is 35.5. The summed E-state index contributed by atoms with van der Waals surface area (Å²) < 4.78 is 10.5. The third kappa shape index (κ3) is 4.44. The van der Waals surface area contributed by atoms with E-state index in [-0.39, 0.29) is 24.8 Å². The molecule has 1 aliphatic heterocycles. The lowest BCUT2D eigenvalue weighted by Gasteiger charge is -2.14. The molecule has 0 aliphatic carbocycles. The highest BCUT2D eigenvalue weighted by molar-refractivity contribution is 6.36. The van der Waals surface area contributed by atoms with Crippen LogP contribution in [0.2, 0.25) is 5.02 Å². The Labute approximate surface area is 175 Å². The van der Waals surface area contributed by atoms with Crippen molar-refractivity contribution >= 4 is 34.7 Å². The van der Waals surface area contributed by atoms with Gasteiger partial charge in [-0.05, 0) is 49.2 Å². The maximum atomic E-state index is 13.0. The molecular weight excluding hydrogens is 392 g/mol. The van der Waals surface area contributed by atoms with Gasteiger partial charge in [0, 0.05) is 17.8 Å². The topological polar surface area (TPSA) is 67.9 Å². The summed E-state index contributed by atoms with van der Waals surface area (Å²) in [7, 11) is 1.53. The van der Waals surface area contributed by atoms with Crippen LogP contribution >= 0.6 is 11.6 Å². The number of nitrogens with zero attached hydrogens (tertiary/aromatic N) is 1. The lowest BCUT2D eigenvalue weighted by molar-refractivity contribution is -0.137. The summed E-state index contributed by atoms with van der Waals surface area (Å²) in [5.74, 6) is -0.0609. The average Bonchev–Trinajstić information content (AvgIpc) is 2.94. The van der Waals surface area contributed by atoms with Crippen molar-refractivity contribution in [3.63, 3.8) is 0 Å². The van der Waals surface area contributed by atoms with Crippen LogP contribution in [0.3, 0.4) is 0 Å². The second kappa shape index (κ2) is 9.11. The van der Waals surface area contributed by atoms with Gasteiger partial charge in [0.05, 0.1) is 25.3 Å². The molecule has 3 rings (SSSR count). The van der Waals surface area contributed by atoms with E-state index in [1.807, 2.05) is 26.0 Å². The lowest BCUT2D eigenvalue weighted by Crippen LogP contribution is -2.35. The van der Waals surface area contributed by atoms with Crippen LogP contribution in [0.1, 0.15) is 18.1 Å². The molecule has 0 aromatic heterocycles. The number of carbonyl (C=O) groups is 2. The zero-order chi connectivity index (χ0) is 21.0. The monoisotopic (exact) mass is 414 g/mol. The molecule has 6 nitrogen and oxygen atoms in total. The first-order valence-electron chi connectivity index (χ1n) is 9.32. The van der Waals surface area contributed by atoms with Crippen LogP contribution in [0.4, 0.5) is 5.69 Å². The Morgan fingerprint density at radius 3 is 2.41 bits per heavy atom. The van der Waals surface area contributed by atoms with Gasteiger partial charge < -0.3 is 14.8 Å². The van der Waals surface area contributed by atoms with Gasteiger partial charge in [0.15, 0.2) is 0 Å². The largest absolute Gasteiger partial charge is 0.494 e.